The molecule has 25 heavy (non-hydrogen) atoms. The average molecular weight is 360 g/mol. The van der Waals surface area contributed by atoms with Gasteiger partial charge in [-0.15, -0.1) is 21.5 Å². The summed E-state index contributed by atoms with van der Waals surface area (Å²) in [5, 5.41) is 19.5. The maximum Gasteiger partial charge on any atom is 0.230 e. The fraction of sp³-hybridized carbons (Fsp3) is 0.500. The van der Waals surface area contributed by atoms with E-state index in [9.17, 15) is 5.11 Å². The Morgan fingerprint density at radius 1 is 1.32 bits per heavy atom. The summed E-state index contributed by atoms with van der Waals surface area (Å²) < 4.78 is 5.44. The summed E-state index contributed by atoms with van der Waals surface area (Å²) >= 11 is 1.66. The van der Waals surface area contributed by atoms with E-state index in [0.29, 0.717) is 31.4 Å². The lowest BCUT2D eigenvalue weighted by Gasteiger charge is -2.25. The summed E-state index contributed by atoms with van der Waals surface area (Å²) in [6.45, 7) is 5.57. The molecule has 1 aliphatic rings. The number of rotatable bonds is 4. The van der Waals surface area contributed by atoms with Gasteiger partial charge in [0.2, 0.25) is 11.8 Å². The normalized spacial score (nSPS) is 20.9. The molecule has 0 saturated carbocycles. The number of hydrogen-bond acceptors (Lipinski definition) is 9. The fourth-order valence-corrected chi connectivity index (χ4v) is 4.16. The van der Waals surface area contributed by atoms with E-state index in [0.717, 1.165) is 16.0 Å². The molecule has 4 rings (SSSR count). The van der Waals surface area contributed by atoms with Crippen molar-refractivity contribution in [1.29, 1.82) is 0 Å². The van der Waals surface area contributed by atoms with E-state index in [-0.39, 0.29) is 6.04 Å². The predicted molar refractivity (Wildman–Crippen MR) is 94.7 cm³/mol. The minimum absolute atomic E-state index is 0.0306. The number of hydrogen-bond donors (Lipinski definition) is 1. The van der Waals surface area contributed by atoms with Crippen LogP contribution in [-0.4, -0.2) is 62.5 Å². The number of aliphatic hydroxyl groups excluding tert-OH is 1. The van der Waals surface area contributed by atoms with E-state index in [2.05, 4.69) is 43.0 Å². The summed E-state index contributed by atoms with van der Waals surface area (Å²) in [4.78, 5) is 15.2. The van der Waals surface area contributed by atoms with E-state index in [1.165, 1.54) is 4.88 Å². The zero-order valence-corrected chi connectivity index (χ0v) is 15.2. The number of anilines is 1. The highest BCUT2D eigenvalue weighted by Gasteiger charge is 2.36. The van der Waals surface area contributed by atoms with Crippen LogP contribution in [0.5, 0.6) is 0 Å². The monoisotopic (exact) mass is 360 g/mol. The van der Waals surface area contributed by atoms with Gasteiger partial charge in [-0.25, -0.2) is 9.97 Å². The highest BCUT2D eigenvalue weighted by molar-refractivity contribution is 7.18. The van der Waals surface area contributed by atoms with Gasteiger partial charge in [0.15, 0.2) is 0 Å². The number of likely N-dealkylation sites (N-methyl/N-ethyl adjacent to an activating group) is 1. The third kappa shape index (κ3) is 3.10. The van der Waals surface area contributed by atoms with Gasteiger partial charge in [0.05, 0.1) is 24.1 Å². The molecule has 8 nitrogen and oxygen atoms in total. The highest BCUT2D eigenvalue weighted by atomic mass is 32.1. The predicted octanol–water partition coefficient (Wildman–Crippen LogP) is 1.37. The van der Waals surface area contributed by atoms with Crippen molar-refractivity contribution in [3.8, 4) is 0 Å². The maximum atomic E-state index is 10.6. The lowest BCUT2D eigenvalue weighted by molar-refractivity contribution is 0.0903. The third-order valence-electron chi connectivity index (χ3n) is 4.51. The molecule has 0 radical (unpaired) electrons. The van der Waals surface area contributed by atoms with Crippen molar-refractivity contribution in [3.63, 3.8) is 0 Å². The molecule has 1 fully saturated rings. The Kier molecular flexibility index (Phi) is 4.14. The summed E-state index contributed by atoms with van der Waals surface area (Å²) in [5.74, 6) is 2.00. The molecule has 0 aromatic carbocycles. The molecule has 4 heterocycles. The van der Waals surface area contributed by atoms with Gasteiger partial charge in [-0.05, 0) is 20.0 Å². The molecule has 0 bridgehead atoms. The first-order valence-corrected chi connectivity index (χ1v) is 8.96. The number of β-amino-alcohol motifs (C(OH)–C–C–N with tert-alkyl or cyclic N) is 1. The topological polar surface area (TPSA) is 91.4 Å². The second-order valence-corrected chi connectivity index (χ2v) is 7.68. The quantitative estimate of drug-likeness (QED) is 0.746. The average Bonchev–Trinajstić information content (AvgIpc) is 3.24. The zero-order chi connectivity index (χ0) is 17.6. The fourth-order valence-electron chi connectivity index (χ4n) is 3.32. The van der Waals surface area contributed by atoms with Crippen molar-refractivity contribution in [3.05, 3.63) is 29.1 Å². The van der Waals surface area contributed by atoms with E-state index in [4.69, 9.17) is 4.42 Å². The first-order valence-electron chi connectivity index (χ1n) is 8.14. The second kappa shape index (κ2) is 6.32. The van der Waals surface area contributed by atoms with Gasteiger partial charge in [-0.1, -0.05) is 0 Å². The van der Waals surface area contributed by atoms with Gasteiger partial charge in [0.1, 0.15) is 17.0 Å². The largest absolute Gasteiger partial charge is 0.424 e. The second-order valence-electron chi connectivity index (χ2n) is 6.44. The van der Waals surface area contributed by atoms with Crippen molar-refractivity contribution in [2.45, 2.75) is 32.5 Å². The lowest BCUT2D eigenvalue weighted by Crippen LogP contribution is -2.40. The summed E-state index contributed by atoms with van der Waals surface area (Å²) in [6.07, 6.45) is 1.12. The van der Waals surface area contributed by atoms with Crippen LogP contribution in [0.3, 0.4) is 0 Å². The molecule has 0 spiro atoms. The number of aliphatic hydroxyl groups is 1. The van der Waals surface area contributed by atoms with Crippen LogP contribution in [-0.2, 0) is 6.54 Å². The van der Waals surface area contributed by atoms with E-state index in [1.54, 1.807) is 24.6 Å². The number of aromatic nitrogens is 4. The van der Waals surface area contributed by atoms with Gasteiger partial charge in [-0.3, -0.25) is 4.90 Å². The van der Waals surface area contributed by atoms with E-state index in [1.807, 2.05) is 7.05 Å². The first kappa shape index (κ1) is 16.4. The van der Waals surface area contributed by atoms with Crippen molar-refractivity contribution < 1.29 is 9.52 Å². The molecule has 1 saturated heterocycles. The Labute approximate surface area is 149 Å². The zero-order valence-electron chi connectivity index (χ0n) is 14.4. The van der Waals surface area contributed by atoms with Crippen LogP contribution in [0.4, 0.5) is 5.82 Å². The third-order valence-corrected chi connectivity index (χ3v) is 5.47. The van der Waals surface area contributed by atoms with Crippen LogP contribution in [0.15, 0.2) is 16.8 Å². The van der Waals surface area contributed by atoms with Crippen LogP contribution >= 0.6 is 11.3 Å². The molecule has 2 atom stereocenters. The van der Waals surface area contributed by atoms with Crippen molar-refractivity contribution in [2.24, 2.45) is 0 Å². The Morgan fingerprint density at radius 2 is 2.16 bits per heavy atom. The van der Waals surface area contributed by atoms with Crippen molar-refractivity contribution >= 4 is 27.4 Å². The lowest BCUT2D eigenvalue weighted by atomic mass is 10.2. The first-order chi connectivity index (χ1) is 12.0. The van der Waals surface area contributed by atoms with Crippen molar-refractivity contribution in [1.82, 2.24) is 25.1 Å². The SMILES string of the molecule is Cc1nnc(CN(C)[C@@H]2CN(c3ncnc4sc(C)cc34)C[C@H]2O)o1. The van der Waals surface area contributed by atoms with Gasteiger partial charge >= 0.3 is 0 Å². The van der Waals surface area contributed by atoms with Crippen molar-refractivity contribution in [2.75, 3.05) is 25.0 Å². The number of thiophene rings is 1. The Bertz CT molecular complexity index is 894. The van der Waals surface area contributed by atoms with E-state index < -0.39 is 6.10 Å². The smallest absolute Gasteiger partial charge is 0.230 e. The number of nitrogens with zero attached hydrogens (tertiary/aromatic N) is 6. The van der Waals surface area contributed by atoms with Gasteiger partial charge in [0.25, 0.3) is 0 Å². The molecule has 1 aliphatic heterocycles. The van der Waals surface area contributed by atoms with Crippen LogP contribution in [0, 0.1) is 13.8 Å². The molecular weight excluding hydrogens is 340 g/mol. The Morgan fingerprint density at radius 3 is 2.92 bits per heavy atom. The molecule has 0 aliphatic carbocycles. The molecule has 3 aromatic rings. The molecule has 0 unspecified atom stereocenters. The Hall–Kier alpha value is -2.10. The number of fused-ring (bicyclic) bond motifs is 1. The summed E-state index contributed by atoms with van der Waals surface area (Å²) in [5.41, 5.74) is 0. The molecular formula is C16H20N6O2S. The van der Waals surface area contributed by atoms with Gasteiger partial charge in [0, 0.05) is 24.9 Å². The molecule has 9 heteroatoms. The highest BCUT2D eigenvalue weighted by Crippen LogP contribution is 2.32. The van der Waals surface area contributed by atoms with Crippen LogP contribution in [0.1, 0.15) is 16.7 Å². The molecule has 132 valence electrons. The van der Waals surface area contributed by atoms with E-state index >= 15 is 0 Å². The minimum Gasteiger partial charge on any atom is -0.424 e. The van der Waals surface area contributed by atoms with Gasteiger partial charge < -0.3 is 14.4 Å². The number of aryl methyl sites for hydroxylation is 2. The maximum absolute atomic E-state index is 10.6. The molecule has 0 amide bonds. The van der Waals surface area contributed by atoms with Crippen LogP contribution in [0.2, 0.25) is 0 Å². The molecule has 3 aromatic heterocycles. The van der Waals surface area contributed by atoms with Gasteiger partial charge in [-0.2, -0.15) is 0 Å². The van der Waals surface area contributed by atoms with Crippen LogP contribution in [0.25, 0.3) is 10.2 Å². The molecule has 1 N–H and O–H groups in total. The standard InChI is InChI=1S/C16H20N6O2S/c1-9-4-11-15(17-8-18-16(11)25-9)22-5-12(13(23)6-22)21(3)7-14-20-19-10(2)24-14/h4,8,12-13,23H,5-7H2,1-3H3/t12-,13-/m1/s1. The minimum atomic E-state index is -0.473. The summed E-state index contributed by atoms with van der Waals surface area (Å²) in [6, 6.07) is 2.08. The summed E-state index contributed by atoms with van der Waals surface area (Å²) in [7, 11) is 1.96. The van der Waals surface area contributed by atoms with Crippen LogP contribution < -0.4 is 4.90 Å². The Balaban J connectivity index is 1.54.